The highest BCUT2D eigenvalue weighted by Crippen LogP contribution is 2.34. The van der Waals surface area contributed by atoms with Crippen LogP contribution in [0.3, 0.4) is 0 Å². The van der Waals surface area contributed by atoms with E-state index in [2.05, 4.69) is 15.9 Å². The monoisotopic (exact) mass is 346 g/mol. The van der Waals surface area contributed by atoms with Gasteiger partial charge < -0.3 is 10.2 Å². The first-order valence-corrected chi connectivity index (χ1v) is 6.99. The lowest BCUT2D eigenvalue weighted by molar-refractivity contribution is 0.0692. The smallest absolute Gasteiger partial charge is 0.336 e. The largest absolute Gasteiger partial charge is 0.478 e. The minimum absolute atomic E-state index is 0.103. The van der Waals surface area contributed by atoms with Gasteiger partial charge in [-0.2, -0.15) is 0 Å². The van der Waals surface area contributed by atoms with E-state index in [-0.39, 0.29) is 5.56 Å². The Balaban J connectivity index is 2.44. The predicted octanol–water partition coefficient (Wildman–Crippen LogP) is 3.94. The first-order valence-electron chi connectivity index (χ1n) is 4.94. The minimum atomic E-state index is -1.06. The van der Waals surface area contributed by atoms with Crippen molar-refractivity contribution >= 4 is 44.8 Å². The highest BCUT2D eigenvalue weighted by Gasteiger charge is 2.21. The Morgan fingerprint density at radius 2 is 2.11 bits per heavy atom. The van der Waals surface area contributed by atoms with E-state index in [4.69, 9.17) is 16.7 Å². The van der Waals surface area contributed by atoms with Gasteiger partial charge in [0.05, 0.1) is 10.4 Å². The standard InChI is InChI=1S/C12H8BrClO3S/c13-6-1-2-7(9(14)5-6)10(15)11-8(12(16)17)3-4-18-11/h1-5,10,15H,(H,16,17). The average molecular weight is 348 g/mol. The number of halogens is 2. The summed E-state index contributed by atoms with van der Waals surface area (Å²) in [5.74, 6) is -1.06. The average Bonchev–Trinajstić information content (AvgIpc) is 2.77. The number of aromatic carboxylic acids is 1. The molecule has 6 heteroatoms. The number of aliphatic hydroxyl groups excluding tert-OH is 1. The van der Waals surface area contributed by atoms with Gasteiger partial charge in [-0.25, -0.2) is 4.79 Å². The Morgan fingerprint density at radius 1 is 1.39 bits per heavy atom. The molecule has 0 aliphatic heterocycles. The van der Waals surface area contributed by atoms with Gasteiger partial charge in [0.2, 0.25) is 0 Å². The minimum Gasteiger partial charge on any atom is -0.478 e. The predicted molar refractivity (Wildman–Crippen MR) is 74.5 cm³/mol. The zero-order chi connectivity index (χ0) is 13.3. The maximum Gasteiger partial charge on any atom is 0.336 e. The van der Waals surface area contributed by atoms with E-state index in [0.29, 0.717) is 15.5 Å². The number of benzene rings is 1. The van der Waals surface area contributed by atoms with Gasteiger partial charge >= 0.3 is 5.97 Å². The summed E-state index contributed by atoms with van der Waals surface area (Å²) in [7, 11) is 0. The van der Waals surface area contributed by atoms with Crippen LogP contribution in [0.2, 0.25) is 5.02 Å². The maximum absolute atomic E-state index is 11.0. The summed E-state index contributed by atoms with van der Waals surface area (Å²) in [4.78, 5) is 11.4. The molecule has 3 nitrogen and oxygen atoms in total. The summed E-state index contributed by atoms with van der Waals surface area (Å²) in [6, 6.07) is 6.55. The van der Waals surface area contributed by atoms with Crippen LogP contribution in [0.15, 0.2) is 34.1 Å². The summed E-state index contributed by atoms with van der Waals surface area (Å²) in [6.07, 6.45) is -1.03. The number of hydrogen-bond donors (Lipinski definition) is 2. The lowest BCUT2D eigenvalue weighted by Crippen LogP contribution is -2.05. The topological polar surface area (TPSA) is 57.5 Å². The molecule has 0 spiro atoms. The molecule has 0 radical (unpaired) electrons. The molecule has 1 atom stereocenters. The Hall–Kier alpha value is -0.880. The lowest BCUT2D eigenvalue weighted by Gasteiger charge is -2.12. The number of aliphatic hydroxyl groups is 1. The molecule has 1 aromatic carbocycles. The molecule has 94 valence electrons. The molecule has 18 heavy (non-hydrogen) atoms. The summed E-state index contributed by atoms with van der Waals surface area (Å²) in [5, 5.41) is 21.3. The molecule has 2 aromatic rings. The zero-order valence-electron chi connectivity index (χ0n) is 8.93. The van der Waals surface area contributed by atoms with Gasteiger partial charge in [0.25, 0.3) is 0 Å². The molecule has 0 aliphatic carbocycles. The number of rotatable bonds is 3. The van der Waals surface area contributed by atoms with Crippen LogP contribution in [0.5, 0.6) is 0 Å². The zero-order valence-corrected chi connectivity index (χ0v) is 12.1. The Kier molecular flexibility index (Phi) is 4.07. The second-order valence-electron chi connectivity index (χ2n) is 3.57. The van der Waals surface area contributed by atoms with Crippen LogP contribution in [0.25, 0.3) is 0 Å². The molecule has 0 aliphatic rings. The van der Waals surface area contributed by atoms with Crippen molar-refractivity contribution in [3.63, 3.8) is 0 Å². The molecule has 0 fully saturated rings. The highest BCUT2D eigenvalue weighted by atomic mass is 79.9. The molecule has 2 rings (SSSR count). The van der Waals surface area contributed by atoms with Gasteiger partial charge in [-0.3, -0.25) is 0 Å². The molecule has 2 N–H and O–H groups in total. The van der Waals surface area contributed by atoms with Crippen LogP contribution in [0.4, 0.5) is 0 Å². The van der Waals surface area contributed by atoms with E-state index in [9.17, 15) is 9.90 Å². The quantitative estimate of drug-likeness (QED) is 0.884. The van der Waals surface area contributed by atoms with Crippen LogP contribution >= 0.6 is 38.9 Å². The third-order valence-electron chi connectivity index (χ3n) is 2.43. The Labute approximate surface area is 121 Å². The van der Waals surface area contributed by atoms with E-state index >= 15 is 0 Å². The fraction of sp³-hybridized carbons (Fsp3) is 0.0833. The van der Waals surface area contributed by atoms with Crippen LogP contribution < -0.4 is 0 Å². The van der Waals surface area contributed by atoms with Gasteiger partial charge in [0.1, 0.15) is 6.10 Å². The molecule has 1 aromatic heterocycles. The van der Waals surface area contributed by atoms with E-state index in [1.165, 1.54) is 17.4 Å². The summed E-state index contributed by atoms with van der Waals surface area (Å²) >= 11 is 10.5. The maximum atomic E-state index is 11.0. The van der Waals surface area contributed by atoms with Crippen molar-refractivity contribution in [3.8, 4) is 0 Å². The van der Waals surface area contributed by atoms with Crippen LogP contribution in [0.1, 0.15) is 26.9 Å². The molecule has 0 bridgehead atoms. The van der Waals surface area contributed by atoms with Crippen molar-refractivity contribution < 1.29 is 15.0 Å². The number of carboxylic acid groups (broad SMARTS) is 1. The normalized spacial score (nSPS) is 12.4. The third-order valence-corrected chi connectivity index (χ3v) is 4.22. The van der Waals surface area contributed by atoms with Crippen molar-refractivity contribution in [3.05, 3.63) is 55.1 Å². The SMILES string of the molecule is O=C(O)c1ccsc1C(O)c1ccc(Br)cc1Cl. The van der Waals surface area contributed by atoms with E-state index < -0.39 is 12.1 Å². The molecular weight excluding hydrogens is 340 g/mol. The second kappa shape index (κ2) is 5.40. The van der Waals surface area contributed by atoms with Gasteiger partial charge in [0, 0.05) is 15.1 Å². The van der Waals surface area contributed by atoms with Crippen molar-refractivity contribution in [2.45, 2.75) is 6.10 Å². The van der Waals surface area contributed by atoms with Crippen molar-refractivity contribution in [1.29, 1.82) is 0 Å². The lowest BCUT2D eigenvalue weighted by atomic mass is 10.1. The van der Waals surface area contributed by atoms with Crippen LogP contribution in [0, 0.1) is 0 Å². The Bertz CT molecular complexity index is 597. The van der Waals surface area contributed by atoms with E-state index in [0.717, 1.165) is 4.47 Å². The summed E-state index contributed by atoms with van der Waals surface area (Å²) in [6.45, 7) is 0. The number of hydrogen-bond acceptors (Lipinski definition) is 3. The number of thiophene rings is 1. The van der Waals surface area contributed by atoms with E-state index in [1.54, 1.807) is 23.6 Å². The summed E-state index contributed by atoms with van der Waals surface area (Å²) < 4.78 is 0.799. The van der Waals surface area contributed by atoms with E-state index in [1.807, 2.05) is 0 Å². The molecule has 1 unspecified atom stereocenters. The molecule has 0 amide bonds. The van der Waals surface area contributed by atoms with Crippen LogP contribution in [-0.2, 0) is 0 Å². The second-order valence-corrected chi connectivity index (χ2v) is 5.84. The number of carboxylic acids is 1. The Morgan fingerprint density at radius 3 is 2.72 bits per heavy atom. The van der Waals surface area contributed by atoms with Gasteiger partial charge in [-0.05, 0) is 23.6 Å². The fourth-order valence-electron chi connectivity index (χ4n) is 1.57. The molecule has 0 saturated heterocycles. The highest BCUT2D eigenvalue weighted by molar-refractivity contribution is 9.10. The molecule has 0 saturated carbocycles. The first-order chi connectivity index (χ1) is 8.50. The first kappa shape index (κ1) is 13.5. The van der Waals surface area contributed by atoms with Crippen molar-refractivity contribution in [2.24, 2.45) is 0 Å². The van der Waals surface area contributed by atoms with Crippen molar-refractivity contribution in [2.75, 3.05) is 0 Å². The fourth-order valence-corrected chi connectivity index (χ4v) is 3.24. The van der Waals surface area contributed by atoms with Crippen LogP contribution in [-0.4, -0.2) is 16.2 Å². The molecule has 1 heterocycles. The number of carbonyl (C=O) groups is 1. The van der Waals surface area contributed by atoms with Gasteiger partial charge in [0.15, 0.2) is 0 Å². The van der Waals surface area contributed by atoms with Gasteiger partial charge in [-0.1, -0.05) is 33.6 Å². The third kappa shape index (κ3) is 2.59. The molecular formula is C12H8BrClO3S. The van der Waals surface area contributed by atoms with Crippen molar-refractivity contribution in [1.82, 2.24) is 0 Å². The van der Waals surface area contributed by atoms with Gasteiger partial charge in [-0.15, -0.1) is 11.3 Å². The summed E-state index contributed by atoms with van der Waals surface area (Å²) in [5.41, 5.74) is 0.594.